The van der Waals surface area contributed by atoms with Gasteiger partial charge in [0.1, 0.15) is 0 Å². The molecule has 0 saturated heterocycles. The summed E-state index contributed by atoms with van der Waals surface area (Å²) in [5.41, 5.74) is 1.00. The smallest absolute Gasteiger partial charge is 0.292 e. The summed E-state index contributed by atoms with van der Waals surface area (Å²) in [5, 5.41) is 24.0. The predicted octanol–water partition coefficient (Wildman–Crippen LogP) is 3.42. The Kier molecular flexibility index (Phi) is 3.69. The number of fused-ring (bicyclic) bond motifs is 1. The number of nitrogens with zero attached hydrogens (tertiary/aromatic N) is 3. The van der Waals surface area contributed by atoms with Crippen LogP contribution in [0, 0.1) is 10.1 Å². The number of rotatable bonds is 4. The number of non-ortho nitro benzene ring substituents is 1. The molecule has 0 amide bonds. The molecule has 2 heterocycles. The van der Waals surface area contributed by atoms with Gasteiger partial charge in [-0.25, -0.2) is 0 Å². The lowest BCUT2D eigenvalue weighted by Crippen LogP contribution is -1.96. The van der Waals surface area contributed by atoms with E-state index in [2.05, 4.69) is 20.4 Å². The summed E-state index contributed by atoms with van der Waals surface area (Å²) in [6.07, 6.45) is 0. The first-order chi connectivity index (χ1) is 12.6. The van der Waals surface area contributed by atoms with Gasteiger partial charge in [0.05, 0.1) is 16.3 Å². The molecule has 0 fully saturated rings. The fourth-order valence-corrected chi connectivity index (χ4v) is 2.46. The van der Waals surface area contributed by atoms with Crippen LogP contribution in [-0.2, 0) is 0 Å². The van der Waals surface area contributed by atoms with Gasteiger partial charge >= 0.3 is 0 Å². The molecule has 130 valence electrons. The maximum Gasteiger partial charge on any atom is 0.292 e. The molecule has 0 radical (unpaired) electrons. The van der Waals surface area contributed by atoms with E-state index in [4.69, 9.17) is 9.47 Å². The molecule has 0 saturated carbocycles. The van der Waals surface area contributed by atoms with Crippen molar-refractivity contribution in [1.82, 2.24) is 10.2 Å². The molecule has 10 nitrogen and oxygen atoms in total. The van der Waals surface area contributed by atoms with Crippen LogP contribution in [0.5, 0.6) is 11.5 Å². The van der Waals surface area contributed by atoms with E-state index in [0.29, 0.717) is 28.4 Å². The lowest BCUT2D eigenvalue weighted by Gasteiger charge is -1.99. The van der Waals surface area contributed by atoms with Crippen LogP contribution in [0.15, 0.2) is 57.5 Å². The van der Waals surface area contributed by atoms with E-state index in [1.165, 1.54) is 24.3 Å². The largest absolute Gasteiger partial charge is 0.454 e. The summed E-state index contributed by atoms with van der Waals surface area (Å²) in [6.45, 7) is 0.150. The van der Waals surface area contributed by atoms with E-state index in [9.17, 15) is 14.9 Å². The van der Waals surface area contributed by atoms with Crippen molar-refractivity contribution in [2.24, 2.45) is 10.2 Å². The number of nitrogens with one attached hydrogen (secondary N) is 2. The van der Waals surface area contributed by atoms with Crippen molar-refractivity contribution in [3.63, 3.8) is 0 Å². The van der Waals surface area contributed by atoms with E-state index in [-0.39, 0.29) is 18.2 Å². The summed E-state index contributed by atoms with van der Waals surface area (Å²) in [6, 6.07) is 10.8. The van der Waals surface area contributed by atoms with E-state index in [1.54, 1.807) is 18.2 Å². The normalized spacial score (nSPS) is 12.6. The first-order valence-electron chi connectivity index (χ1n) is 7.49. The summed E-state index contributed by atoms with van der Waals surface area (Å²) in [7, 11) is 0. The van der Waals surface area contributed by atoms with Crippen LogP contribution in [0.3, 0.4) is 0 Å². The molecular weight excluding hydrogens is 342 g/mol. The summed E-state index contributed by atoms with van der Waals surface area (Å²) in [4.78, 5) is 22.3. The minimum absolute atomic E-state index is 0.0461. The maximum atomic E-state index is 12.0. The highest BCUT2D eigenvalue weighted by molar-refractivity contribution is 5.72. The minimum Gasteiger partial charge on any atom is -0.454 e. The lowest BCUT2D eigenvalue weighted by molar-refractivity contribution is -0.384. The van der Waals surface area contributed by atoms with Gasteiger partial charge in [0.2, 0.25) is 6.79 Å². The van der Waals surface area contributed by atoms with Gasteiger partial charge in [-0.2, -0.15) is 5.11 Å². The van der Waals surface area contributed by atoms with Crippen molar-refractivity contribution in [3.8, 4) is 22.8 Å². The zero-order valence-corrected chi connectivity index (χ0v) is 13.1. The van der Waals surface area contributed by atoms with Gasteiger partial charge in [-0.1, -0.05) is 0 Å². The van der Waals surface area contributed by atoms with Gasteiger partial charge in [0.15, 0.2) is 17.2 Å². The second-order valence-electron chi connectivity index (χ2n) is 5.34. The van der Waals surface area contributed by atoms with Crippen LogP contribution >= 0.6 is 0 Å². The average molecular weight is 353 g/mol. The molecule has 2 N–H and O–H groups in total. The average Bonchev–Trinajstić information content (AvgIpc) is 3.26. The Bertz CT molecular complexity index is 1070. The number of azo groups is 1. The quantitative estimate of drug-likeness (QED) is 0.421. The Labute approximate surface area is 145 Å². The van der Waals surface area contributed by atoms with Crippen molar-refractivity contribution >= 4 is 17.1 Å². The number of hydrogen-bond donors (Lipinski definition) is 2. The lowest BCUT2D eigenvalue weighted by atomic mass is 10.1. The molecule has 0 unspecified atom stereocenters. The number of nitro benzene ring substituents is 1. The molecule has 10 heteroatoms. The molecule has 0 bridgehead atoms. The third-order valence-corrected chi connectivity index (χ3v) is 3.74. The zero-order valence-electron chi connectivity index (χ0n) is 13.1. The van der Waals surface area contributed by atoms with Crippen LogP contribution in [0.25, 0.3) is 11.3 Å². The summed E-state index contributed by atoms with van der Waals surface area (Å²) in [5.74, 6) is 1.18. The predicted molar refractivity (Wildman–Crippen MR) is 90.2 cm³/mol. The molecule has 0 atom stereocenters. The molecule has 2 aromatic carbocycles. The van der Waals surface area contributed by atoms with Crippen LogP contribution in [0.4, 0.5) is 17.1 Å². The monoisotopic (exact) mass is 353 g/mol. The van der Waals surface area contributed by atoms with Crippen molar-refractivity contribution in [3.05, 3.63) is 62.9 Å². The SMILES string of the molecule is O=c1[nH][nH]c(-c2ccc([N+](=O)[O-])cc2)c1N=Nc1ccc2c(c1)OCO2. The first kappa shape index (κ1) is 15.6. The van der Waals surface area contributed by atoms with E-state index < -0.39 is 10.5 Å². The topological polar surface area (TPSA) is 135 Å². The Morgan fingerprint density at radius 3 is 2.54 bits per heavy atom. The molecule has 0 spiro atoms. The molecule has 0 aliphatic carbocycles. The van der Waals surface area contributed by atoms with Gasteiger partial charge < -0.3 is 9.47 Å². The maximum absolute atomic E-state index is 12.0. The minimum atomic E-state index is -0.496. The molecule has 3 aromatic rings. The molecule has 1 aromatic heterocycles. The second-order valence-corrected chi connectivity index (χ2v) is 5.34. The third kappa shape index (κ3) is 2.79. The van der Waals surface area contributed by atoms with Crippen molar-refractivity contribution < 1.29 is 14.4 Å². The fourth-order valence-electron chi connectivity index (χ4n) is 2.46. The van der Waals surface area contributed by atoms with Gasteiger partial charge in [-0.3, -0.25) is 25.1 Å². The Morgan fingerprint density at radius 1 is 1.00 bits per heavy atom. The number of ether oxygens (including phenoxy) is 2. The van der Waals surface area contributed by atoms with Crippen molar-refractivity contribution in [2.45, 2.75) is 0 Å². The number of aromatic amines is 2. The highest BCUT2D eigenvalue weighted by Gasteiger charge is 2.15. The van der Waals surface area contributed by atoms with Gasteiger partial charge in [-0.05, 0) is 24.3 Å². The highest BCUT2D eigenvalue weighted by Crippen LogP contribution is 2.36. The molecule has 26 heavy (non-hydrogen) atoms. The van der Waals surface area contributed by atoms with Gasteiger partial charge in [-0.15, -0.1) is 5.11 Å². The van der Waals surface area contributed by atoms with Crippen molar-refractivity contribution in [2.75, 3.05) is 6.79 Å². The molecule has 1 aliphatic rings. The Balaban J connectivity index is 1.66. The standard InChI is InChI=1S/C16H11N5O5/c22-16-15(19-17-10-3-6-12-13(7-10)26-8-25-12)14(18-20-16)9-1-4-11(5-2-9)21(23)24/h1-7H,8H2,(H2,18,20,22). The summed E-state index contributed by atoms with van der Waals surface area (Å²) >= 11 is 0. The number of H-pyrrole nitrogens is 2. The molecule has 4 rings (SSSR count). The van der Waals surface area contributed by atoms with Gasteiger partial charge in [0.25, 0.3) is 11.2 Å². The Morgan fingerprint density at radius 2 is 1.77 bits per heavy atom. The molecule has 1 aliphatic heterocycles. The highest BCUT2D eigenvalue weighted by atomic mass is 16.7. The summed E-state index contributed by atoms with van der Waals surface area (Å²) < 4.78 is 10.5. The number of benzene rings is 2. The Hall–Kier alpha value is -3.95. The van der Waals surface area contributed by atoms with E-state index in [1.807, 2.05) is 0 Å². The van der Waals surface area contributed by atoms with Crippen LogP contribution in [-0.4, -0.2) is 21.9 Å². The van der Waals surface area contributed by atoms with Crippen molar-refractivity contribution in [1.29, 1.82) is 0 Å². The second kappa shape index (κ2) is 6.16. The van der Waals surface area contributed by atoms with E-state index in [0.717, 1.165) is 0 Å². The van der Waals surface area contributed by atoms with Crippen LogP contribution in [0.2, 0.25) is 0 Å². The number of nitro groups is 1. The number of aromatic nitrogens is 2. The molecular formula is C16H11N5O5. The third-order valence-electron chi connectivity index (χ3n) is 3.74. The van der Waals surface area contributed by atoms with Crippen LogP contribution < -0.4 is 15.0 Å². The zero-order chi connectivity index (χ0) is 18.1. The van der Waals surface area contributed by atoms with Gasteiger partial charge in [0, 0.05) is 23.8 Å². The van der Waals surface area contributed by atoms with E-state index >= 15 is 0 Å². The first-order valence-corrected chi connectivity index (χ1v) is 7.49. The number of hydrogen-bond acceptors (Lipinski definition) is 7. The van der Waals surface area contributed by atoms with Crippen LogP contribution in [0.1, 0.15) is 0 Å². The fraction of sp³-hybridized carbons (Fsp3) is 0.0625.